The van der Waals surface area contributed by atoms with Gasteiger partial charge in [-0.2, -0.15) is 9.40 Å². The Morgan fingerprint density at radius 2 is 1.92 bits per heavy atom. The second kappa shape index (κ2) is 9.14. The van der Waals surface area contributed by atoms with E-state index in [2.05, 4.69) is 49.4 Å². The molecule has 11 nitrogen and oxygen atoms in total. The van der Waals surface area contributed by atoms with Crippen LogP contribution in [0.4, 0.5) is 0 Å². The van der Waals surface area contributed by atoms with Crippen LogP contribution in [0, 0.1) is 0 Å². The molecular weight excluding hydrogens is 500 g/mol. The fourth-order valence-corrected chi connectivity index (χ4v) is 7.26. The number of aliphatic imine (C=N–C) groups is 1. The molecular formula is C23H30N8O3S2. The van der Waals surface area contributed by atoms with Gasteiger partial charge in [-0.1, -0.05) is 11.8 Å². The predicted molar refractivity (Wildman–Crippen MR) is 140 cm³/mol. The number of piperazine rings is 1. The van der Waals surface area contributed by atoms with E-state index < -0.39 is 10.0 Å². The smallest absolute Gasteiger partial charge is 0.211 e. The summed E-state index contributed by atoms with van der Waals surface area (Å²) < 4.78 is 30.9. The first-order valence-electron chi connectivity index (χ1n) is 12.1. The maximum atomic E-state index is 11.9. The number of fused-ring (bicyclic) bond motifs is 2. The average Bonchev–Trinajstić information content (AvgIpc) is 3.46. The standard InChI is InChI=1S/C23H30N8O3S2/c1-23-19(12-18(35-23)15-29-3-5-31(6-4-29)36(2,32)33)22(30-7-9-34-10-8-30)26-21(27-23)16-11-17-14-25-28-20(17)24-13-16/h11-14H,3-10,15H2,1-2H3,(H,26,27)(H,24,25,28). The van der Waals surface area contributed by atoms with E-state index in [-0.39, 0.29) is 4.87 Å². The Morgan fingerprint density at radius 3 is 2.67 bits per heavy atom. The van der Waals surface area contributed by atoms with Crippen LogP contribution in [0.25, 0.3) is 11.0 Å². The number of hydrogen-bond donors (Lipinski definition) is 2. The minimum atomic E-state index is -3.14. The summed E-state index contributed by atoms with van der Waals surface area (Å²) in [6.07, 6.45) is 7.15. The molecule has 2 aromatic heterocycles. The molecule has 2 N–H and O–H groups in total. The van der Waals surface area contributed by atoms with E-state index in [0.29, 0.717) is 26.3 Å². The summed E-state index contributed by atoms with van der Waals surface area (Å²) in [7, 11) is -3.14. The van der Waals surface area contributed by atoms with Crippen molar-refractivity contribution >= 4 is 38.7 Å². The molecule has 0 spiro atoms. The van der Waals surface area contributed by atoms with E-state index in [1.165, 1.54) is 16.7 Å². The Hall–Kier alpha value is -2.45. The summed E-state index contributed by atoms with van der Waals surface area (Å²) in [5, 5.41) is 11.6. The number of ether oxygens (including phenoxy) is 1. The zero-order valence-corrected chi connectivity index (χ0v) is 22.0. The number of rotatable bonds is 5. The number of hydrogen-bond acceptors (Lipinski definition) is 10. The van der Waals surface area contributed by atoms with E-state index in [9.17, 15) is 8.42 Å². The van der Waals surface area contributed by atoms with Gasteiger partial charge in [-0.05, 0) is 19.1 Å². The van der Waals surface area contributed by atoms with Gasteiger partial charge in [-0.25, -0.2) is 18.4 Å². The molecule has 0 amide bonds. The van der Waals surface area contributed by atoms with Crippen LogP contribution in [0.1, 0.15) is 12.5 Å². The molecule has 2 saturated heterocycles. The summed E-state index contributed by atoms with van der Waals surface area (Å²) in [5.74, 6) is 1.77. The molecule has 4 aliphatic heterocycles. The first-order valence-corrected chi connectivity index (χ1v) is 14.8. The minimum absolute atomic E-state index is 0.375. The molecule has 0 aliphatic carbocycles. The molecule has 1 unspecified atom stereocenters. The fraction of sp³-hybridized carbons (Fsp3) is 0.522. The zero-order valence-electron chi connectivity index (χ0n) is 20.4. The number of morpholine rings is 1. The lowest BCUT2D eigenvalue weighted by Gasteiger charge is -2.38. The molecule has 6 heterocycles. The summed E-state index contributed by atoms with van der Waals surface area (Å²) in [6.45, 7) is 8.47. The monoisotopic (exact) mass is 530 g/mol. The molecule has 4 aliphatic rings. The number of thioether (sulfide) groups is 1. The Kier molecular flexibility index (Phi) is 6.07. The molecule has 6 rings (SSSR count). The lowest BCUT2D eigenvalue weighted by Crippen LogP contribution is -2.49. The summed E-state index contributed by atoms with van der Waals surface area (Å²) in [6, 6.07) is 2.05. The normalized spacial score (nSPS) is 26.1. The molecule has 192 valence electrons. The van der Waals surface area contributed by atoms with Crippen molar-refractivity contribution in [2.24, 2.45) is 4.99 Å². The van der Waals surface area contributed by atoms with Crippen LogP contribution in [0.2, 0.25) is 0 Å². The van der Waals surface area contributed by atoms with E-state index in [0.717, 1.165) is 61.0 Å². The number of aromatic nitrogens is 3. The highest BCUT2D eigenvalue weighted by Crippen LogP contribution is 2.48. The number of nitrogens with one attached hydrogen (secondary N) is 2. The summed E-state index contributed by atoms with van der Waals surface area (Å²) in [5.41, 5.74) is 2.84. The van der Waals surface area contributed by atoms with Gasteiger partial charge in [-0.3, -0.25) is 10.00 Å². The van der Waals surface area contributed by atoms with E-state index in [4.69, 9.17) is 9.73 Å². The van der Waals surface area contributed by atoms with Crippen molar-refractivity contribution in [2.45, 2.75) is 11.8 Å². The molecule has 1 atom stereocenters. The third-order valence-electron chi connectivity index (χ3n) is 7.03. The molecule has 2 aromatic rings. The number of nitrogens with zero attached hydrogens (tertiary/aromatic N) is 6. The van der Waals surface area contributed by atoms with Crippen molar-refractivity contribution in [2.75, 3.05) is 65.3 Å². The Labute approximate surface area is 214 Å². The van der Waals surface area contributed by atoms with Gasteiger partial charge in [0.15, 0.2) is 5.65 Å². The van der Waals surface area contributed by atoms with Crippen LogP contribution in [-0.4, -0.2) is 114 Å². The SMILES string of the molecule is CC12NC(c3cnc4[nH]ncc4c3)=NC(N3CCOCC3)=C1C=C(CN1CCN(S(C)(=O)=O)CC1)S2. The van der Waals surface area contributed by atoms with Crippen LogP contribution in [0.15, 0.2) is 45.8 Å². The molecule has 0 aromatic carbocycles. The second-order valence-corrected chi connectivity index (χ2v) is 13.2. The van der Waals surface area contributed by atoms with Crippen LogP contribution in [-0.2, 0) is 14.8 Å². The van der Waals surface area contributed by atoms with Crippen molar-refractivity contribution in [1.29, 1.82) is 0 Å². The van der Waals surface area contributed by atoms with Gasteiger partial charge < -0.3 is 15.0 Å². The largest absolute Gasteiger partial charge is 0.378 e. The van der Waals surface area contributed by atoms with Crippen molar-refractivity contribution in [3.05, 3.63) is 46.4 Å². The van der Waals surface area contributed by atoms with Crippen LogP contribution < -0.4 is 5.32 Å². The Morgan fingerprint density at radius 1 is 1.14 bits per heavy atom. The second-order valence-electron chi connectivity index (χ2n) is 9.64. The number of sulfonamides is 1. The van der Waals surface area contributed by atoms with Gasteiger partial charge >= 0.3 is 0 Å². The van der Waals surface area contributed by atoms with Crippen LogP contribution in [0.5, 0.6) is 0 Å². The number of pyridine rings is 1. The molecule has 36 heavy (non-hydrogen) atoms. The summed E-state index contributed by atoms with van der Waals surface area (Å²) in [4.78, 5) is 15.1. The lowest BCUT2D eigenvalue weighted by atomic mass is 10.0. The fourth-order valence-electron chi connectivity index (χ4n) is 5.07. The van der Waals surface area contributed by atoms with Gasteiger partial charge in [-0.15, -0.1) is 0 Å². The van der Waals surface area contributed by atoms with Gasteiger partial charge in [0.25, 0.3) is 0 Å². The van der Waals surface area contributed by atoms with E-state index in [1.807, 2.05) is 18.0 Å². The molecule has 0 radical (unpaired) electrons. The van der Waals surface area contributed by atoms with Crippen molar-refractivity contribution in [1.82, 2.24) is 34.6 Å². The quantitative estimate of drug-likeness (QED) is 0.578. The Bertz CT molecular complexity index is 1370. The molecule has 0 saturated carbocycles. The Balaban J connectivity index is 1.29. The van der Waals surface area contributed by atoms with E-state index >= 15 is 0 Å². The van der Waals surface area contributed by atoms with Gasteiger partial charge in [0.05, 0.1) is 25.7 Å². The number of amidine groups is 1. The van der Waals surface area contributed by atoms with Crippen LogP contribution in [0.3, 0.4) is 0 Å². The van der Waals surface area contributed by atoms with Gasteiger partial charge in [0, 0.05) is 73.4 Å². The highest BCUT2D eigenvalue weighted by atomic mass is 32.2. The molecule has 2 fully saturated rings. The third-order valence-corrected chi connectivity index (χ3v) is 9.57. The number of aromatic amines is 1. The van der Waals surface area contributed by atoms with Crippen molar-refractivity contribution < 1.29 is 13.2 Å². The first-order chi connectivity index (χ1) is 17.3. The third kappa shape index (κ3) is 4.54. The first kappa shape index (κ1) is 23.9. The topological polar surface area (TPSA) is 119 Å². The number of H-pyrrole nitrogens is 1. The zero-order chi connectivity index (χ0) is 24.9. The molecule has 13 heteroatoms. The van der Waals surface area contributed by atoms with Crippen LogP contribution >= 0.6 is 11.8 Å². The highest BCUT2D eigenvalue weighted by Gasteiger charge is 2.43. The highest BCUT2D eigenvalue weighted by molar-refractivity contribution is 8.04. The summed E-state index contributed by atoms with van der Waals surface area (Å²) >= 11 is 1.81. The maximum Gasteiger partial charge on any atom is 0.211 e. The van der Waals surface area contributed by atoms with Crippen molar-refractivity contribution in [3.8, 4) is 0 Å². The van der Waals surface area contributed by atoms with Gasteiger partial charge in [0.2, 0.25) is 10.0 Å². The van der Waals surface area contributed by atoms with E-state index in [1.54, 1.807) is 10.5 Å². The predicted octanol–water partition coefficient (Wildman–Crippen LogP) is 0.776. The van der Waals surface area contributed by atoms with Gasteiger partial charge in [0.1, 0.15) is 16.5 Å². The molecule has 0 bridgehead atoms. The lowest BCUT2D eigenvalue weighted by molar-refractivity contribution is 0.0523. The minimum Gasteiger partial charge on any atom is -0.378 e. The average molecular weight is 531 g/mol. The van der Waals surface area contributed by atoms with Crippen molar-refractivity contribution in [3.63, 3.8) is 0 Å². The maximum absolute atomic E-state index is 11.9.